The van der Waals surface area contributed by atoms with Gasteiger partial charge >= 0.3 is 18.2 Å². The molecule has 2 atom stereocenters. The van der Waals surface area contributed by atoms with E-state index in [0.717, 1.165) is 0 Å². The van der Waals surface area contributed by atoms with Crippen LogP contribution in [-0.4, -0.2) is 36.0 Å². The molecule has 1 aliphatic rings. The van der Waals surface area contributed by atoms with Crippen LogP contribution in [0.4, 0.5) is 18.0 Å². The predicted molar refractivity (Wildman–Crippen MR) is 58.4 cm³/mol. The van der Waals surface area contributed by atoms with E-state index in [-0.39, 0.29) is 13.0 Å². The van der Waals surface area contributed by atoms with Crippen molar-refractivity contribution in [2.24, 2.45) is 5.41 Å². The summed E-state index contributed by atoms with van der Waals surface area (Å²) >= 11 is 0. The normalized spacial score (nSPS) is 26.8. The van der Waals surface area contributed by atoms with Gasteiger partial charge in [0.25, 0.3) is 0 Å². The number of nitrogens with one attached hydrogen (secondary N) is 1. The van der Waals surface area contributed by atoms with E-state index in [9.17, 15) is 22.8 Å². The predicted octanol–water partition coefficient (Wildman–Crippen LogP) is 2.08. The fourth-order valence-corrected chi connectivity index (χ4v) is 2.08. The van der Waals surface area contributed by atoms with Gasteiger partial charge in [0.2, 0.25) is 0 Å². The Morgan fingerprint density at radius 2 is 2.16 bits per heavy atom. The number of amides is 1. The number of hydrogen-bond acceptors (Lipinski definition) is 3. The molecule has 0 aromatic carbocycles. The van der Waals surface area contributed by atoms with Crippen LogP contribution in [0.1, 0.15) is 19.3 Å². The highest BCUT2D eigenvalue weighted by Crippen LogP contribution is 2.50. The number of carbonyl (C=O) groups excluding carboxylic acids is 1. The number of rotatable bonds is 4. The molecule has 0 bridgehead atoms. The van der Waals surface area contributed by atoms with E-state index in [0.29, 0.717) is 0 Å². The van der Waals surface area contributed by atoms with Gasteiger partial charge in [0.1, 0.15) is 6.61 Å². The maximum absolute atomic E-state index is 12.8. The molecule has 0 heterocycles. The minimum Gasteiger partial charge on any atom is -0.481 e. The quantitative estimate of drug-likeness (QED) is 0.774. The third kappa shape index (κ3) is 3.18. The van der Waals surface area contributed by atoms with Gasteiger partial charge < -0.3 is 15.2 Å². The number of aliphatic carboxylic acids is 1. The topological polar surface area (TPSA) is 75.6 Å². The van der Waals surface area contributed by atoms with Gasteiger partial charge in [-0.3, -0.25) is 4.79 Å². The van der Waals surface area contributed by atoms with Crippen LogP contribution >= 0.6 is 0 Å². The van der Waals surface area contributed by atoms with Gasteiger partial charge in [-0.15, -0.1) is 0 Å². The molecule has 5 nitrogen and oxygen atoms in total. The highest BCUT2D eigenvalue weighted by Gasteiger charge is 2.63. The number of halogens is 3. The van der Waals surface area contributed by atoms with Gasteiger partial charge in [0.05, 0.1) is 0 Å². The molecule has 0 saturated heterocycles. The third-order valence-corrected chi connectivity index (χ3v) is 3.12. The fraction of sp³-hybridized carbons (Fsp3) is 0.636. The first kappa shape index (κ1) is 15.3. The van der Waals surface area contributed by atoms with Crippen molar-refractivity contribution >= 4 is 12.1 Å². The van der Waals surface area contributed by atoms with Crippen LogP contribution in [0.2, 0.25) is 0 Å². The maximum Gasteiger partial charge on any atom is 0.407 e. The summed E-state index contributed by atoms with van der Waals surface area (Å²) < 4.78 is 43.1. The van der Waals surface area contributed by atoms with Crippen molar-refractivity contribution in [2.45, 2.75) is 31.5 Å². The van der Waals surface area contributed by atoms with Gasteiger partial charge in [0, 0.05) is 6.04 Å². The lowest BCUT2D eigenvalue weighted by Gasteiger charge is -2.27. The Morgan fingerprint density at radius 1 is 1.53 bits per heavy atom. The Morgan fingerprint density at radius 3 is 2.58 bits per heavy atom. The summed E-state index contributed by atoms with van der Waals surface area (Å²) in [6, 6.07) is -0.866. The Bertz CT molecular complexity index is 383. The number of hydrogen-bond donors (Lipinski definition) is 2. The molecule has 1 fully saturated rings. The standard InChI is InChI=1S/C11H14F3NO4/c1-2-5-19-9(18)15-7-3-4-10(6-7,8(16)17)11(12,13)14/h2,7H,1,3-6H2,(H,15,18)(H,16,17)/t7-,10+/m1/s1. The minimum atomic E-state index is -4.85. The van der Waals surface area contributed by atoms with Gasteiger partial charge in [0.15, 0.2) is 5.41 Å². The lowest BCUT2D eigenvalue weighted by Crippen LogP contribution is -2.45. The Kier molecular flexibility index (Phi) is 4.43. The lowest BCUT2D eigenvalue weighted by atomic mass is 9.85. The molecule has 1 rings (SSSR count). The van der Waals surface area contributed by atoms with Gasteiger partial charge in [-0.05, 0) is 19.3 Å². The molecule has 19 heavy (non-hydrogen) atoms. The van der Waals surface area contributed by atoms with Crippen LogP contribution in [0.15, 0.2) is 12.7 Å². The van der Waals surface area contributed by atoms with Crippen LogP contribution in [0.5, 0.6) is 0 Å². The summed E-state index contributed by atoms with van der Waals surface area (Å²) in [4.78, 5) is 22.1. The number of alkyl halides is 3. The number of alkyl carbamates (subject to hydrolysis) is 1. The molecule has 0 aromatic heterocycles. The van der Waals surface area contributed by atoms with Crippen LogP contribution < -0.4 is 5.32 Å². The zero-order chi connectivity index (χ0) is 14.7. The summed E-state index contributed by atoms with van der Waals surface area (Å²) in [6.07, 6.45) is -5.72. The largest absolute Gasteiger partial charge is 0.481 e. The second-order valence-corrected chi connectivity index (χ2v) is 4.36. The van der Waals surface area contributed by atoms with Crippen molar-refractivity contribution in [2.75, 3.05) is 6.61 Å². The van der Waals surface area contributed by atoms with Crippen molar-refractivity contribution < 1.29 is 32.6 Å². The minimum absolute atomic E-state index is 0.0605. The SMILES string of the molecule is C=CCOC(=O)N[C@@H]1CC[C@](C(=O)O)(C(F)(F)F)C1. The molecule has 1 saturated carbocycles. The summed E-state index contributed by atoms with van der Waals surface area (Å²) in [7, 11) is 0. The number of carboxylic acid groups (broad SMARTS) is 1. The lowest BCUT2D eigenvalue weighted by molar-refractivity contribution is -0.230. The number of carbonyl (C=O) groups is 2. The second kappa shape index (κ2) is 5.50. The number of ether oxygens (including phenoxy) is 1. The zero-order valence-electron chi connectivity index (χ0n) is 10.00. The van der Waals surface area contributed by atoms with Gasteiger partial charge in [-0.2, -0.15) is 13.2 Å². The molecule has 0 aliphatic heterocycles. The Balaban J connectivity index is 2.68. The van der Waals surface area contributed by atoms with Crippen LogP contribution in [0.25, 0.3) is 0 Å². The van der Waals surface area contributed by atoms with E-state index < -0.39 is 42.5 Å². The summed E-state index contributed by atoms with van der Waals surface area (Å²) in [5.74, 6) is -1.91. The molecule has 0 aromatic rings. The molecule has 0 spiro atoms. The van der Waals surface area contributed by atoms with Gasteiger partial charge in [-0.1, -0.05) is 12.7 Å². The van der Waals surface area contributed by atoms with E-state index in [4.69, 9.17) is 5.11 Å². The molecule has 2 N–H and O–H groups in total. The molecule has 0 radical (unpaired) electrons. The van der Waals surface area contributed by atoms with E-state index >= 15 is 0 Å². The van der Waals surface area contributed by atoms with Gasteiger partial charge in [-0.25, -0.2) is 4.79 Å². The third-order valence-electron chi connectivity index (χ3n) is 3.12. The first-order valence-electron chi connectivity index (χ1n) is 5.57. The Hall–Kier alpha value is -1.73. The highest BCUT2D eigenvalue weighted by molar-refractivity contribution is 5.76. The van der Waals surface area contributed by atoms with Crippen molar-refractivity contribution in [3.8, 4) is 0 Å². The van der Waals surface area contributed by atoms with Crippen LogP contribution in [0, 0.1) is 5.41 Å². The number of carboxylic acids is 1. The average molecular weight is 281 g/mol. The first-order chi connectivity index (χ1) is 8.73. The Labute approximate surface area is 107 Å². The van der Waals surface area contributed by atoms with E-state index in [1.807, 2.05) is 0 Å². The summed E-state index contributed by atoms with van der Waals surface area (Å²) in [5, 5.41) is 11.0. The highest BCUT2D eigenvalue weighted by atomic mass is 19.4. The van der Waals surface area contributed by atoms with Crippen molar-refractivity contribution in [3.63, 3.8) is 0 Å². The monoisotopic (exact) mass is 281 g/mol. The van der Waals surface area contributed by atoms with E-state index in [1.54, 1.807) is 0 Å². The van der Waals surface area contributed by atoms with Crippen LogP contribution in [-0.2, 0) is 9.53 Å². The van der Waals surface area contributed by atoms with E-state index in [2.05, 4.69) is 16.6 Å². The maximum atomic E-state index is 12.8. The molecule has 1 amide bonds. The average Bonchev–Trinajstić information content (AvgIpc) is 2.71. The molecule has 8 heteroatoms. The second-order valence-electron chi connectivity index (χ2n) is 4.36. The fourth-order valence-electron chi connectivity index (χ4n) is 2.08. The van der Waals surface area contributed by atoms with Crippen molar-refractivity contribution in [1.82, 2.24) is 5.32 Å². The molecular formula is C11H14F3NO4. The molecule has 108 valence electrons. The van der Waals surface area contributed by atoms with Crippen molar-refractivity contribution in [3.05, 3.63) is 12.7 Å². The molecule has 0 unspecified atom stereocenters. The zero-order valence-corrected chi connectivity index (χ0v) is 10.00. The summed E-state index contributed by atoms with van der Waals surface area (Å²) in [5.41, 5.74) is -2.79. The van der Waals surface area contributed by atoms with Crippen molar-refractivity contribution in [1.29, 1.82) is 0 Å². The molecule has 1 aliphatic carbocycles. The smallest absolute Gasteiger partial charge is 0.407 e. The summed E-state index contributed by atoms with van der Waals surface area (Å²) in [6.45, 7) is 3.24. The van der Waals surface area contributed by atoms with E-state index in [1.165, 1.54) is 6.08 Å². The molecular weight excluding hydrogens is 267 g/mol. The van der Waals surface area contributed by atoms with Crippen LogP contribution in [0.3, 0.4) is 0 Å². The first-order valence-corrected chi connectivity index (χ1v) is 5.57.